The lowest BCUT2D eigenvalue weighted by Crippen LogP contribution is -2.32. The first-order valence-electron chi connectivity index (χ1n) is 11.6. The van der Waals surface area contributed by atoms with Crippen LogP contribution in [0, 0.1) is 0 Å². The SMILES string of the molecule is CCCCC(=O)OC1SC=C(CCCc2ccc3c(n2)NCCC3)N1c1cnc(OC)nc1. The molecule has 0 aromatic carbocycles. The van der Waals surface area contributed by atoms with Gasteiger partial charge < -0.3 is 14.8 Å². The summed E-state index contributed by atoms with van der Waals surface area (Å²) in [5.41, 5.74) is 3.80. The molecule has 0 saturated heterocycles. The van der Waals surface area contributed by atoms with Gasteiger partial charge in [0.2, 0.25) is 5.56 Å². The molecule has 2 aromatic rings. The third-order valence-electron chi connectivity index (χ3n) is 5.70. The van der Waals surface area contributed by atoms with Crippen molar-refractivity contribution in [2.45, 2.75) is 63.9 Å². The fourth-order valence-electron chi connectivity index (χ4n) is 3.93. The van der Waals surface area contributed by atoms with Crippen molar-refractivity contribution in [1.29, 1.82) is 0 Å². The molecule has 0 bridgehead atoms. The molecule has 1 unspecified atom stereocenters. The maximum atomic E-state index is 12.3. The van der Waals surface area contributed by atoms with Crippen LogP contribution in [0.5, 0.6) is 6.01 Å². The molecule has 0 radical (unpaired) electrons. The molecule has 176 valence electrons. The zero-order chi connectivity index (χ0) is 23.0. The highest BCUT2D eigenvalue weighted by molar-refractivity contribution is 8.03. The van der Waals surface area contributed by atoms with Gasteiger partial charge in [-0.25, -0.2) is 15.0 Å². The Balaban J connectivity index is 1.41. The molecule has 9 heteroatoms. The number of allylic oxidation sites excluding steroid dienone is 1. The molecular weight excluding hydrogens is 438 g/mol. The number of unbranched alkanes of at least 4 members (excludes halogenated alkanes) is 1. The Labute approximate surface area is 199 Å². The second-order valence-corrected chi connectivity index (χ2v) is 9.05. The van der Waals surface area contributed by atoms with E-state index in [0.29, 0.717) is 12.4 Å². The van der Waals surface area contributed by atoms with Crippen LogP contribution in [0.15, 0.2) is 35.6 Å². The number of carbonyl (C=O) groups excluding carboxylic acids is 1. The summed E-state index contributed by atoms with van der Waals surface area (Å²) in [7, 11) is 1.54. The van der Waals surface area contributed by atoms with Gasteiger partial charge in [-0.3, -0.25) is 9.69 Å². The van der Waals surface area contributed by atoms with Crippen LogP contribution < -0.4 is 15.0 Å². The zero-order valence-electron chi connectivity index (χ0n) is 19.2. The van der Waals surface area contributed by atoms with Crippen LogP contribution in [-0.2, 0) is 22.4 Å². The Morgan fingerprint density at radius 2 is 2.09 bits per heavy atom. The molecule has 0 spiro atoms. The Morgan fingerprint density at radius 3 is 2.88 bits per heavy atom. The van der Waals surface area contributed by atoms with E-state index >= 15 is 0 Å². The smallest absolute Gasteiger partial charge is 0.316 e. The predicted molar refractivity (Wildman–Crippen MR) is 130 cm³/mol. The third-order valence-corrected chi connectivity index (χ3v) is 6.65. The Morgan fingerprint density at radius 1 is 1.24 bits per heavy atom. The van der Waals surface area contributed by atoms with E-state index < -0.39 is 5.56 Å². The molecule has 33 heavy (non-hydrogen) atoms. The normalized spacial score (nSPS) is 17.2. The standard InChI is InChI=1S/C24H31N5O3S/c1-3-4-10-21(30)32-24-29(20-14-26-23(31-2)27-15-20)19(16-33-24)9-5-8-18-12-11-17-7-6-13-25-22(17)28-18/h11-12,14-16,24H,3-10,13H2,1-2H3,(H,25,28). The number of methoxy groups -OCH3 is 1. The average molecular weight is 470 g/mol. The van der Waals surface area contributed by atoms with Crippen molar-refractivity contribution < 1.29 is 14.3 Å². The number of pyridine rings is 1. The second kappa shape index (κ2) is 11.4. The minimum atomic E-state index is -0.451. The fraction of sp³-hybridized carbons (Fsp3) is 0.500. The Kier molecular flexibility index (Phi) is 8.04. The van der Waals surface area contributed by atoms with Crippen molar-refractivity contribution in [3.63, 3.8) is 0 Å². The molecular formula is C24H31N5O3S. The maximum Gasteiger partial charge on any atom is 0.316 e. The molecule has 2 aromatic heterocycles. The van der Waals surface area contributed by atoms with Crippen molar-refractivity contribution in [1.82, 2.24) is 15.0 Å². The summed E-state index contributed by atoms with van der Waals surface area (Å²) in [6, 6.07) is 4.64. The summed E-state index contributed by atoms with van der Waals surface area (Å²) < 4.78 is 10.9. The van der Waals surface area contributed by atoms with Crippen molar-refractivity contribution >= 4 is 29.2 Å². The lowest BCUT2D eigenvalue weighted by molar-refractivity contribution is -0.145. The number of ether oxygens (including phenoxy) is 2. The van der Waals surface area contributed by atoms with Crippen LogP contribution in [0.1, 0.15) is 56.7 Å². The van der Waals surface area contributed by atoms with E-state index in [1.807, 2.05) is 4.90 Å². The number of hydrogen-bond donors (Lipinski definition) is 1. The summed E-state index contributed by atoms with van der Waals surface area (Å²) in [4.78, 5) is 27.6. The van der Waals surface area contributed by atoms with Gasteiger partial charge in [0.05, 0.1) is 25.2 Å². The van der Waals surface area contributed by atoms with Crippen molar-refractivity contribution in [2.75, 3.05) is 23.9 Å². The fourth-order valence-corrected chi connectivity index (χ4v) is 4.97. The number of aryl methyl sites for hydroxylation is 2. The molecule has 0 fully saturated rings. The zero-order valence-corrected chi connectivity index (χ0v) is 20.1. The molecule has 0 aliphatic carbocycles. The van der Waals surface area contributed by atoms with Crippen molar-refractivity contribution in [3.05, 3.63) is 46.9 Å². The second-order valence-electron chi connectivity index (χ2n) is 8.14. The molecule has 2 aliphatic heterocycles. The van der Waals surface area contributed by atoms with Crippen molar-refractivity contribution in [3.8, 4) is 6.01 Å². The predicted octanol–water partition coefficient (Wildman–Crippen LogP) is 4.67. The molecule has 4 heterocycles. The first-order chi connectivity index (χ1) is 16.2. The molecule has 4 rings (SSSR count). The van der Waals surface area contributed by atoms with E-state index in [1.165, 1.54) is 24.4 Å². The summed E-state index contributed by atoms with van der Waals surface area (Å²) in [5, 5.41) is 5.48. The van der Waals surface area contributed by atoms with E-state index in [2.05, 4.69) is 39.7 Å². The largest absolute Gasteiger partial charge is 0.467 e. The van der Waals surface area contributed by atoms with Gasteiger partial charge in [0.15, 0.2) is 0 Å². The van der Waals surface area contributed by atoms with E-state index in [-0.39, 0.29) is 5.97 Å². The molecule has 1 atom stereocenters. The summed E-state index contributed by atoms with van der Waals surface area (Å²) in [6.45, 7) is 3.05. The number of fused-ring (bicyclic) bond motifs is 1. The van der Waals surface area contributed by atoms with Gasteiger partial charge in [0.25, 0.3) is 0 Å². The van der Waals surface area contributed by atoms with Gasteiger partial charge in [0.1, 0.15) is 5.82 Å². The number of carbonyl (C=O) groups is 1. The highest BCUT2D eigenvalue weighted by Crippen LogP contribution is 2.38. The van der Waals surface area contributed by atoms with E-state index in [4.69, 9.17) is 14.5 Å². The topological polar surface area (TPSA) is 89.5 Å². The number of aromatic nitrogens is 3. The van der Waals surface area contributed by atoms with E-state index in [9.17, 15) is 4.79 Å². The number of hydrogen-bond acceptors (Lipinski definition) is 9. The summed E-state index contributed by atoms with van der Waals surface area (Å²) in [5.74, 6) is 0.847. The number of anilines is 2. The number of nitrogens with zero attached hydrogens (tertiary/aromatic N) is 4. The van der Waals surface area contributed by atoms with Gasteiger partial charge in [-0.05, 0) is 55.6 Å². The van der Waals surface area contributed by atoms with Crippen LogP contribution >= 0.6 is 11.8 Å². The van der Waals surface area contributed by atoms with E-state index in [0.717, 1.165) is 74.4 Å². The third kappa shape index (κ3) is 5.96. The lowest BCUT2D eigenvalue weighted by Gasteiger charge is -2.28. The molecule has 0 amide bonds. The van der Waals surface area contributed by atoms with Gasteiger partial charge in [-0.2, -0.15) is 0 Å². The Hall–Kier alpha value is -2.81. The lowest BCUT2D eigenvalue weighted by atomic mass is 10.1. The number of thioether (sulfide) groups is 1. The average Bonchev–Trinajstić information content (AvgIpc) is 3.24. The molecule has 2 aliphatic rings. The summed E-state index contributed by atoms with van der Waals surface area (Å²) in [6.07, 6.45) is 10.5. The number of rotatable bonds is 10. The first kappa shape index (κ1) is 23.4. The minimum Gasteiger partial charge on any atom is -0.467 e. The van der Waals surface area contributed by atoms with Crippen LogP contribution in [0.4, 0.5) is 11.5 Å². The summed E-state index contributed by atoms with van der Waals surface area (Å²) >= 11 is 1.50. The molecule has 1 N–H and O–H groups in total. The first-order valence-corrected chi connectivity index (χ1v) is 12.5. The van der Waals surface area contributed by atoms with Crippen LogP contribution in [0.3, 0.4) is 0 Å². The van der Waals surface area contributed by atoms with Crippen molar-refractivity contribution in [2.24, 2.45) is 0 Å². The van der Waals surface area contributed by atoms with Gasteiger partial charge >= 0.3 is 12.0 Å². The monoisotopic (exact) mass is 469 g/mol. The quantitative estimate of drug-likeness (QED) is 0.498. The minimum absolute atomic E-state index is 0.186. The van der Waals surface area contributed by atoms with Gasteiger partial charge in [-0.15, -0.1) is 0 Å². The number of nitrogens with one attached hydrogen (secondary N) is 1. The highest BCUT2D eigenvalue weighted by Gasteiger charge is 2.31. The van der Waals surface area contributed by atoms with Gasteiger partial charge in [0, 0.05) is 24.4 Å². The maximum absolute atomic E-state index is 12.3. The Bertz CT molecular complexity index is 983. The molecule has 0 saturated carbocycles. The van der Waals surface area contributed by atoms with Crippen LogP contribution in [-0.4, -0.2) is 40.1 Å². The van der Waals surface area contributed by atoms with Gasteiger partial charge in [-0.1, -0.05) is 31.2 Å². The van der Waals surface area contributed by atoms with Crippen LogP contribution in [0.2, 0.25) is 0 Å². The molecule has 8 nitrogen and oxygen atoms in total. The van der Waals surface area contributed by atoms with Crippen LogP contribution in [0.25, 0.3) is 0 Å². The van der Waals surface area contributed by atoms with E-state index in [1.54, 1.807) is 12.4 Å². The highest BCUT2D eigenvalue weighted by atomic mass is 32.2. The number of esters is 1.